The molecule has 0 spiro atoms. The van der Waals surface area contributed by atoms with E-state index < -0.39 is 7.12 Å². The van der Waals surface area contributed by atoms with Crippen LogP contribution in [0.15, 0.2) is 53.0 Å². The summed E-state index contributed by atoms with van der Waals surface area (Å²) < 4.78 is 0.866. The maximum atomic E-state index is 12.0. The third kappa shape index (κ3) is 3.67. The average Bonchev–Trinajstić information content (AvgIpc) is 2.39. The van der Waals surface area contributed by atoms with Crippen molar-refractivity contribution in [1.29, 1.82) is 0 Å². The first-order valence-corrected chi connectivity index (χ1v) is 6.38. The van der Waals surface area contributed by atoms with Crippen LogP contribution in [-0.4, -0.2) is 23.1 Å². The molecular formula is C13H11BBrNO3. The van der Waals surface area contributed by atoms with Crippen LogP contribution in [0.3, 0.4) is 0 Å². The van der Waals surface area contributed by atoms with Gasteiger partial charge in [-0.2, -0.15) is 0 Å². The lowest BCUT2D eigenvalue weighted by atomic mass is 9.79. The number of hydrogen-bond donors (Lipinski definition) is 3. The number of carbonyl (C=O) groups excluding carboxylic acids is 1. The molecule has 2 aromatic rings. The standard InChI is InChI=1S/C13H11BBrNO3/c15-11-5-2-6-12(8-11)16-13(17)9-3-1-4-10(7-9)14(18)19/h1-8,18-19H,(H,16,17). The highest BCUT2D eigenvalue weighted by molar-refractivity contribution is 9.10. The summed E-state index contributed by atoms with van der Waals surface area (Å²) in [4.78, 5) is 12.0. The minimum absolute atomic E-state index is 0.280. The summed E-state index contributed by atoms with van der Waals surface area (Å²) in [6.07, 6.45) is 0. The second-order valence-corrected chi connectivity index (χ2v) is 4.88. The molecule has 1 amide bonds. The van der Waals surface area contributed by atoms with Gasteiger partial charge in [0.1, 0.15) is 0 Å². The Balaban J connectivity index is 2.18. The summed E-state index contributed by atoms with van der Waals surface area (Å²) in [6.45, 7) is 0. The second-order valence-electron chi connectivity index (χ2n) is 3.96. The second kappa shape index (κ2) is 6.01. The highest BCUT2D eigenvalue weighted by Crippen LogP contribution is 2.16. The lowest BCUT2D eigenvalue weighted by Gasteiger charge is -2.07. The van der Waals surface area contributed by atoms with E-state index in [2.05, 4.69) is 21.2 Å². The van der Waals surface area contributed by atoms with Crippen molar-refractivity contribution < 1.29 is 14.8 Å². The van der Waals surface area contributed by atoms with Gasteiger partial charge in [-0.15, -0.1) is 0 Å². The van der Waals surface area contributed by atoms with Crippen molar-refractivity contribution >= 4 is 40.1 Å². The molecule has 0 aromatic heterocycles. The molecule has 0 atom stereocenters. The van der Waals surface area contributed by atoms with E-state index in [4.69, 9.17) is 10.0 Å². The van der Waals surface area contributed by atoms with E-state index in [-0.39, 0.29) is 11.4 Å². The Kier molecular flexibility index (Phi) is 4.37. The first-order valence-electron chi connectivity index (χ1n) is 5.59. The fourth-order valence-electron chi connectivity index (χ4n) is 1.61. The molecule has 0 bridgehead atoms. The number of nitrogens with one attached hydrogen (secondary N) is 1. The smallest absolute Gasteiger partial charge is 0.423 e. The van der Waals surface area contributed by atoms with E-state index in [1.165, 1.54) is 6.07 Å². The molecule has 2 rings (SSSR count). The first-order chi connectivity index (χ1) is 9.06. The van der Waals surface area contributed by atoms with Gasteiger partial charge in [0.2, 0.25) is 0 Å². The zero-order chi connectivity index (χ0) is 13.8. The molecule has 0 fully saturated rings. The summed E-state index contributed by atoms with van der Waals surface area (Å²) in [7, 11) is -1.58. The molecule has 0 radical (unpaired) electrons. The Morgan fingerprint density at radius 3 is 2.53 bits per heavy atom. The molecule has 0 aliphatic heterocycles. The maximum absolute atomic E-state index is 12.0. The molecule has 0 saturated heterocycles. The molecular weight excluding hydrogens is 309 g/mol. The molecule has 0 saturated carbocycles. The molecule has 4 nitrogen and oxygen atoms in total. The lowest BCUT2D eigenvalue weighted by molar-refractivity contribution is 0.102. The summed E-state index contributed by atoms with van der Waals surface area (Å²) in [5.74, 6) is -0.305. The largest absolute Gasteiger partial charge is 0.488 e. The summed E-state index contributed by atoms with van der Waals surface area (Å²) in [5.41, 5.74) is 1.31. The summed E-state index contributed by atoms with van der Waals surface area (Å²) in [6, 6.07) is 13.4. The molecule has 0 aliphatic carbocycles. The van der Waals surface area contributed by atoms with Crippen LogP contribution in [0.2, 0.25) is 0 Å². The Bertz CT molecular complexity index is 604. The summed E-state index contributed by atoms with van der Waals surface area (Å²) >= 11 is 3.32. The van der Waals surface area contributed by atoms with Crippen LogP contribution in [-0.2, 0) is 0 Å². The number of amides is 1. The van der Waals surface area contributed by atoms with Gasteiger partial charge in [0.15, 0.2) is 0 Å². The zero-order valence-electron chi connectivity index (χ0n) is 9.88. The summed E-state index contributed by atoms with van der Waals surface area (Å²) in [5, 5.41) is 20.9. The molecule has 96 valence electrons. The third-order valence-electron chi connectivity index (χ3n) is 2.53. The van der Waals surface area contributed by atoms with E-state index in [0.29, 0.717) is 11.3 Å². The van der Waals surface area contributed by atoms with Crippen LogP contribution in [0.1, 0.15) is 10.4 Å². The number of benzene rings is 2. The third-order valence-corrected chi connectivity index (χ3v) is 3.02. The van der Waals surface area contributed by atoms with Crippen molar-refractivity contribution in [2.45, 2.75) is 0 Å². The minimum atomic E-state index is -1.58. The van der Waals surface area contributed by atoms with Gasteiger partial charge in [-0.1, -0.05) is 34.1 Å². The van der Waals surface area contributed by atoms with Crippen molar-refractivity contribution in [1.82, 2.24) is 0 Å². The highest BCUT2D eigenvalue weighted by Gasteiger charge is 2.13. The first kappa shape index (κ1) is 13.8. The van der Waals surface area contributed by atoms with Gasteiger partial charge in [0.25, 0.3) is 5.91 Å². The van der Waals surface area contributed by atoms with E-state index in [1.807, 2.05) is 12.1 Å². The topological polar surface area (TPSA) is 69.6 Å². The fourth-order valence-corrected chi connectivity index (χ4v) is 2.01. The SMILES string of the molecule is O=C(Nc1cccc(Br)c1)c1cccc(B(O)O)c1. The molecule has 2 aromatic carbocycles. The van der Waals surface area contributed by atoms with E-state index in [9.17, 15) is 4.79 Å². The maximum Gasteiger partial charge on any atom is 0.488 e. The fraction of sp³-hybridized carbons (Fsp3) is 0. The lowest BCUT2D eigenvalue weighted by Crippen LogP contribution is -2.30. The average molecular weight is 320 g/mol. The van der Waals surface area contributed by atoms with Gasteiger partial charge in [-0.25, -0.2) is 0 Å². The van der Waals surface area contributed by atoms with E-state index in [0.717, 1.165) is 4.47 Å². The van der Waals surface area contributed by atoms with Crippen molar-refractivity contribution in [3.63, 3.8) is 0 Å². The number of carbonyl (C=O) groups is 1. The molecule has 0 aliphatic rings. The quantitative estimate of drug-likeness (QED) is 0.749. The Labute approximate surface area is 119 Å². The highest BCUT2D eigenvalue weighted by atomic mass is 79.9. The monoisotopic (exact) mass is 319 g/mol. The minimum Gasteiger partial charge on any atom is -0.423 e. The van der Waals surface area contributed by atoms with Crippen molar-refractivity contribution in [2.24, 2.45) is 0 Å². The predicted molar refractivity (Wildman–Crippen MR) is 78.4 cm³/mol. The van der Waals surface area contributed by atoms with Crippen LogP contribution < -0.4 is 10.8 Å². The molecule has 3 N–H and O–H groups in total. The number of anilines is 1. The van der Waals surface area contributed by atoms with Gasteiger partial charge in [0, 0.05) is 15.7 Å². The van der Waals surface area contributed by atoms with Gasteiger partial charge < -0.3 is 15.4 Å². The van der Waals surface area contributed by atoms with Crippen LogP contribution >= 0.6 is 15.9 Å². The van der Waals surface area contributed by atoms with Crippen molar-refractivity contribution in [3.05, 3.63) is 58.6 Å². The van der Waals surface area contributed by atoms with E-state index >= 15 is 0 Å². The Hall–Kier alpha value is -1.63. The number of hydrogen-bond acceptors (Lipinski definition) is 3. The van der Waals surface area contributed by atoms with Gasteiger partial charge in [-0.3, -0.25) is 4.79 Å². The number of rotatable bonds is 3. The van der Waals surface area contributed by atoms with E-state index in [1.54, 1.807) is 30.3 Å². The zero-order valence-corrected chi connectivity index (χ0v) is 11.5. The van der Waals surface area contributed by atoms with Crippen LogP contribution in [0.25, 0.3) is 0 Å². The van der Waals surface area contributed by atoms with Gasteiger partial charge in [0.05, 0.1) is 0 Å². The normalized spacial score (nSPS) is 10.1. The Morgan fingerprint density at radius 2 is 1.84 bits per heavy atom. The molecule has 0 heterocycles. The predicted octanol–water partition coefficient (Wildman–Crippen LogP) is 1.38. The van der Waals surface area contributed by atoms with Crippen molar-refractivity contribution in [3.8, 4) is 0 Å². The molecule has 19 heavy (non-hydrogen) atoms. The molecule has 6 heteroatoms. The van der Waals surface area contributed by atoms with Crippen LogP contribution in [0.5, 0.6) is 0 Å². The van der Waals surface area contributed by atoms with Gasteiger partial charge in [-0.05, 0) is 35.8 Å². The molecule has 0 unspecified atom stereocenters. The van der Waals surface area contributed by atoms with Gasteiger partial charge >= 0.3 is 7.12 Å². The van der Waals surface area contributed by atoms with Crippen LogP contribution in [0.4, 0.5) is 5.69 Å². The Morgan fingerprint density at radius 1 is 1.11 bits per heavy atom. The van der Waals surface area contributed by atoms with Crippen LogP contribution in [0, 0.1) is 0 Å². The van der Waals surface area contributed by atoms with Crippen molar-refractivity contribution in [2.75, 3.05) is 5.32 Å². The number of halogens is 1.